The summed E-state index contributed by atoms with van der Waals surface area (Å²) in [6.45, 7) is 5.74. The van der Waals surface area contributed by atoms with Crippen LogP contribution in [0.3, 0.4) is 0 Å². The van der Waals surface area contributed by atoms with Gasteiger partial charge >= 0.3 is 6.03 Å². The van der Waals surface area contributed by atoms with E-state index >= 15 is 0 Å². The molecule has 1 aromatic heterocycles. The second-order valence-corrected chi connectivity index (χ2v) is 15.3. The molecule has 7 rings (SSSR count). The van der Waals surface area contributed by atoms with Crippen LogP contribution in [0.25, 0.3) is 10.9 Å². The minimum atomic E-state index is -0.429. The molecule has 3 aromatic rings. The van der Waals surface area contributed by atoms with E-state index in [0.717, 1.165) is 83.3 Å². The van der Waals surface area contributed by atoms with E-state index in [1.807, 2.05) is 39.0 Å². The summed E-state index contributed by atoms with van der Waals surface area (Å²) in [7, 11) is 2.21. The minimum absolute atomic E-state index is 0.0317. The molecule has 0 aliphatic carbocycles. The van der Waals surface area contributed by atoms with Gasteiger partial charge in [0.25, 0.3) is 0 Å². The number of carbonyl (C=O) groups is 3. The van der Waals surface area contributed by atoms with Crippen LogP contribution < -0.4 is 5.32 Å². The van der Waals surface area contributed by atoms with Crippen molar-refractivity contribution in [3.05, 3.63) is 58.2 Å². The maximum Gasteiger partial charge on any atom is 0.322 e. The smallest absolute Gasteiger partial charge is 0.322 e. The van der Waals surface area contributed by atoms with Crippen LogP contribution in [0.2, 0.25) is 0 Å². The molecular weight excluding hydrogens is 670 g/mol. The van der Waals surface area contributed by atoms with Crippen molar-refractivity contribution in [2.45, 2.75) is 63.8 Å². The van der Waals surface area contributed by atoms with Gasteiger partial charge in [-0.1, -0.05) is 18.2 Å². The summed E-state index contributed by atoms with van der Waals surface area (Å²) in [5, 5.41) is 11.3. The Morgan fingerprint density at radius 1 is 0.917 bits per heavy atom. The topological polar surface area (TPSA) is 105 Å². The normalized spacial score (nSPS) is 21.2. The van der Waals surface area contributed by atoms with Crippen LogP contribution in [0, 0.1) is 17.8 Å². The first-order valence-electron chi connectivity index (χ1n) is 17.8. The quantitative estimate of drug-likeness (QED) is 0.334. The number of urea groups is 1. The number of hydrogen-bond donors (Lipinski definition) is 2. The van der Waals surface area contributed by atoms with Gasteiger partial charge in [-0.15, -0.1) is 0 Å². The van der Waals surface area contributed by atoms with E-state index in [1.54, 1.807) is 6.20 Å². The molecule has 2 aromatic carbocycles. The Kier molecular flexibility index (Phi) is 10.0. The number of fused-ring (bicyclic) bond motifs is 2. The highest BCUT2D eigenvalue weighted by Gasteiger charge is 2.36. The fourth-order valence-corrected chi connectivity index (χ4v) is 9.19. The number of halogens is 1. The molecule has 256 valence electrons. The van der Waals surface area contributed by atoms with Crippen LogP contribution in [0.4, 0.5) is 10.5 Å². The van der Waals surface area contributed by atoms with Crippen molar-refractivity contribution in [2.24, 2.45) is 17.8 Å². The average Bonchev–Trinajstić information content (AvgIpc) is 3.52. The lowest BCUT2D eigenvalue weighted by molar-refractivity contribution is -0.143. The van der Waals surface area contributed by atoms with E-state index in [4.69, 9.17) is 0 Å². The predicted octanol–water partition coefficient (Wildman–Crippen LogP) is 5.54. The molecule has 2 N–H and O–H groups in total. The molecule has 0 saturated carbocycles. The van der Waals surface area contributed by atoms with Gasteiger partial charge in [-0.3, -0.25) is 14.7 Å². The van der Waals surface area contributed by atoms with E-state index in [-0.39, 0.29) is 30.3 Å². The maximum atomic E-state index is 14.2. The molecule has 4 aliphatic rings. The highest BCUT2D eigenvalue weighted by molar-refractivity contribution is 9.10. The van der Waals surface area contributed by atoms with Gasteiger partial charge in [0.05, 0.1) is 17.6 Å². The number of H-pyrrole nitrogens is 1. The molecule has 3 saturated heterocycles. The van der Waals surface area contributed by atoms with Crippen LogP contribution in [0.1, 0.15) is 56.1 Å². The fraction of sp³-hybridized carbons (Fsp3) is 0.568. The number of aromatic nitrogens is 2. The lowest BCUT2D eigenvalue weighted by Gasteiger charge is -2.40. The summed E-state index contributed by atoms with van der Waals surface area (Å²) in [5.41, 5.74) is 3.99. The molecular formula is C37H48BrN7O3. The summed E-state index contributed by atoms with van der Waals surface area (Å²) < 4.78 is 0.909. The first-order chi connectivity index (χ1) is 23.3. The molecule has 4 amide bonds. The zero-order chi connectivity index (χ0) is 33.2. The standard InChI is InChI=1S/C37H48BrN7O3/c1-42-13-6-26(7-14-42)27-8-15-44(16-9-27)36(47)29(20-25-21-30-24-39-41-35(30)32(38)22-25)23-34(46)43-17-11-31(12-18-43)45-19-10-28-4-2-3-5-33(28)40-37(45)48/h2-5,21-22,24,26-27,29,31H,6-20,23H2,1H3,(H,39,41)(H,40,48). The van der Waals surface area contributed by atoms with Crippen molar-refractivity contribution < 1.29 is 14.4 Å². The molecule has 3 fully saturated rings. The van der Waals surface area contributed by atoms with Gasteiger partial charge in [-0.2, -0.15) is 5.10 Å². The first-order valence-corrected chi connectivity index (χ1v) is 18.6. The number of piperidine rings is 3. The van der Waals surface area contributed by atoms with Crippen LogP contribution in [-0.4, -0.2) is 107 Å². The summed E-state index contributed by atoms with van der Waals surface area (Å²) in [6, 6.07) is 12.1. The number of carbonyl (C=O) groups excluding carboxylic acids is 3. The molecule has 4 aliphatic heterocycles. The van der Waals surface area contributed by atoms with E-state index in [1.165, 1.54) is 25.9 Å². The number of aromatic amines is 1. The number of amides is 4. The molecule has 1 unspecified atom stereocenters. The number of nitrogens with one attached hydrogen (secondary N) is 2. The van der Waals surface area contributed by atoms with E-state index in [0.29, 0.717) is 32.0 Å². The highest BCUT2D eigenvalue weighted by Crippen LogP contribution is 2.34. The highest BCUT2D eigenvalue weighted by atomic mass is 79.9. The molecule has 0 radical (unpaired) electrons. The van der Waals surface area contributed by atoms with Gasteiger partial charge in [0.2, 0.25) is 11.8 Å². The predicted molar refractivity (Wildman–Crippen MR) is 191 cm³/mol. The molecule has 11 heteroatoms. The lowest BCUT2D eigenvalue weighted by atomic mass is 9.78. The lowest BCUT2D eigenvalue weighted by Crippen LogP contribution is -2.50. The van der Waals surface area contributed by atoms with Crippen LogP contribution >= 0.6 is 15.9 Å². The summed E-state index contributed by atoms with van der Waals surface area (Å²) in [4.78, 5) is 49.6. The molecule has 0 spiro atoms. The average molecular weight is 719 g/mol. The van der Waals surface area contributed by atoms with Crippen molar-refractivity contribution in [1.82, 2.24) is 29.8 Å². The number of rotatable bonds is 7. The Morgan fingerprint density at radius 3 is 2.35 bits per heavy atom. The number of benzene rings is 2. The number of hydrogen-bond acceptors (Lipinski definition) is 5. The Morgan fingerprint density at radius 2 is 1.60 bits per heavy atom. The molecule has 0 bridgehead atoms. The van der Waals surface area contributed by atoms with Gasteiger partial charge in [-0.25, -0.2) is 4.79 Å². The zero-order valence-corrected chi connectivity index (χ0v) is 29.6. The van der Waals surface area contributed by atoms with E-state index in [9.17, 15) is 14.4 Å². The van der Waals surface area contributed by atoms with Crippen LogP contribution in [-0.2, 0) is 22.4 Å². The molecule has 10 nitrogen and oxygen atoms in total. The molecule has 48 heavy (non-hydrogen) atoms. The Hall–Kier alpha value is -3.44. The van der Waals surface area contributed by atoms with Gasteiger partial charge in [-0.05, 0) is 129 Å². The van der Waals surface area contributed by atoms with E-state index in [2.05, 4.69) is 55.5 Å². The Balaban J connectivity index is 0.996. The van der Waals surface area contributed by atoms with Crippen molar-refractivity contribution in [3.8, 4) is 0 Å². The monoisotopic (exact) mass is 717 g/mol. The first kappa shape index (κ1) is 33.1. The number of nitrogens with zero attached hydrogens (tertiary/aromatic N) is 5. The minimum Gasteiger partial charge on any atom is -0.343 e. The van der Waals surface area contributed by atoms with Crippen molar-refractivity contribution >= 4 is 50.4 Å². The number of likely N-dealkylation sites (tertiary alicyclic amines) is 3. The summed E-state index contributed by atoms with van der Waals surface area (Å²) in [5.74, 6) is 1.15. The van der Waals surface area contributed by atoms with Gasteiger partial charge in [0, 0.05) is 60.7 Å². The molecule has 5 heterocycles. The number of anilines is 1. The molecule has 1 atom stereocenters. The zero-order valence-electron chi connectivity index (χ0n) is 28.0. The fourth-order valence-electron chi connectivity index (χ4n) is 8.58. The van der Waals surface area contributed by atoms with Crippen molar-refractivity contribution in [1.29, 1.82) is 0 Å². The van der Waals surface area contributed by atoms with Crippen LogP contribution in [0.5, 0.6) is 0 Å². The Bertz CT molecular complexity index is 1620. The second kappa shape index (κ2) is 14.6. The van der Waals surface area contributed by atoms with Gasteiger partial charge in [0.1, 0.15) is 0 Å². The van der Waals surface area contributed by atoms with Gasteiger partial charge < -0.3 is 24.9 Å². The second-order valence-electron chi connectivity index (χ2n) is 14.5. The largest absolute Gasteiger partial charge is 0.343 e. The maximum absolute atomic E-state index is 14.2. The van der Waals surface area contributed by atoms with E-state index < -0.39 is 5.92 Å². The third kappa shape index (κ3) is 7.27. The Labute approximate surface area is 291 Å². The third-order valence-corrected chi connectivity index (χ3v) is 12.1. The summed E-state index contributed by atoms with van der Waals surface area (Å²) >= 11 is 3.67. The number of para-hydroxylation sites is 1. The van der Waals surface area contributed by atoms with Gasteiger partial charge in [0.15, 0.2) is 0 Å². The van der Waals surface area contributed by atoms with Crippen molar-refractivity contribution in [2.75, 3.05) is 58.2 Å². The van der Waals surface area contributed by atoms with Crippen LogP contribution in [0.15, 0.2) is 47.1 Å². The third-order valence-electron chi connectivity index (χ3n) is 11.5. The summed E-state index contributed by atoms with van der Waals surface area (Å²) in [6.07, 6.45) is 9.40. The SMILES string of the molecule is CN1CCC(C2CCN(C(=O)C(CC(=O)N3CCC(N4CCc5ccccc5NC4=O)CC3)Cc3cc(Br)c4[nH]ncc4c3)CC2)CC1. The van der Waals surface area contributed by atoms with Crippen molar-refractivity contribution in [3.63, 3.8) is 0 Å².